The summed E-state index contributed by atoms with van der Waals surface area (Å²) in [7, 11) is 1.96. The highest BCUT2D eigenvalue weighted by Crippen LogP contribution is 2.36. The smallest absolute Gasteiger partial charge is 0.189 e. The van der Waals surface area contributed by atoms with Crippen LogP contribution in [0.1, 0.15) is 24.2 Å². The summed E-state index contributed by atoms with van der Waals surface area (Å²) in [6, 6.07) is 7.75. The minimum Gasteiger partial charge on any atom is -0.361 e. The molecule has 2 heteroatoms. The second-order valence-corrected chi connectivity index (χ2v) is 3.96. The highest BCUT2D eigenvalue weighted by atomic mass is 16.1. The van der Waals surface area contributed by atoms with E-state index in [9.17, 15) is 4.79 Å². The fourth-order valence-corrected chi connectivity index (χ4v) is 1.74. The number of nitrogens with zero attached hydrogens (tertiary/aromatic N) is 1. The van der Waals surface area contributed by atoms with E-state index < -0.39 is 0 Å². The van der Waals surface area contributed by atoms with Gasteiger partial charge in [-0.1, -0.05) is 12.1 Å². The van der Waals surface area contributed by atoms with Crippen LogP contribution in [0.25, 0.3) is 0 Å². The molecule has 0 N–H and O–H groups in total. The van der Waals surface area contributed by atoms with Crippen LogP contribution in [-0.4, -0.2) is 18.4 Å². The van der Waals surface area contributed by atoms with Crippen molar-refractivity contribution >= 4 is 11.5 Å². The molecule has 0 aromatic heterocycles. The third-order valence-electron chi connectivity index (χ3n) is 2.90. The van der Waals surface area contributed by atoms with Crippen LogP contribution in [-0.2, 0) is 0 Å². The average molecular weight is 175 g/mol. The van der Waals surface area contributed by atoms with Crippen LogP contribution in [0.3, 0.4) is 0 Å². The Morgan fingerprint density at radius 1 is 1.23 bits per heavy atom. The second-order valence-electron chi connectivity index (χ2n) is 3.96. The van der Waals surface area contributed by atoms with Crippen molar-refractivity contribution in [3.63, 3.8) is 0 Å². The van der Waals surface area contributed by atoms with Gasteiger partial charge >= 0.3 is 0 Å². The first kappa shape index (κ1) is 8.30. The Hall–Kier alpha value is -1.31. The molecule has 0 spiro atoms. The summed E-state index contributed by atoms with van der Waals surface area (Å²) in [4.78, 5) is 13.9. The molecule has 0 aliphatic carbocycles. The number of Topliss-reactive ketones (excluding diaryl/α,β-unsaturated/α-hetero) is 1. The zero-order chi connectivity index (χ0) is 9.64. The van der Waals surface area contributed by atoms with Gasteiger partial charge in [0.15, 0.2) is 5.78 Å². The number of rotatable bonds is 0. The van der Waals surface area contributed by atoms with Crippen LogP contribution in [0, 0.1) is 0 Å². The summed E-state index contributed by atoms with van der Waals surface area (Å²) in [5.41, 5.74) is 1.50. The molecule has 1 aliphatic rings. The molecule has 2 nitrogen and oxygen atoms in total. The SMILES string of the molecule is CN1c2ccccc2C(=O)C1(C)C. The van der Waals surface area contributed by atoms with E-state index >= 15 is 0 Å². The van der Waals surface area contributed by atoms with Crippen LogP contribution in [0.15, 0.2) is 24.3 Å². The quantitative estimate of drug-likeness (QED) is 0.601. The number of likely N-dealkylation sites (N-methyl/N-ethyl adjacent to an activating group) is 1. The third-order valence-corrected chi connectivity index (χ3v) is 2.90. The fraction of sp³-hybridized carbons (Fsp3) is 0.364. The number of carbonyl (C=O) groups excluding carboxylic acids is 1. The second kappa shape index (κ2) is 2.34. The lowest BCUT2D eigenvalue weighted by atomic mass is 9.98. The lowest BCUT2D eigenvalue weighted by molar-refractivity contribution is 0.0927. The van der Waals surface area contributed by atoms with Gasteiger partial charge in [-0.25, -0.2) is 0 Å². The highest BCUT2D eigenvalue weighted by molar-refractivity contribution is 6.13. The Labute approximate surface area is 78.2 Å². The molecular weight excluding hydrogens is 162 g/mol. The normalized spacial score (nSPS) is 19.0. The number of anilines is 1. The van der Waals surface area contributed by atoms with E-state index in [1.54, 1.807) is 0 Å². The van der Waals surface area contributed by atoms with E-state index in [4.69, 9.17) is 0 Å². The summed E-state index contributed by atoms with van der Waals surface area (Å²) >= 11 is 0. The molecule has 1 aromatic carbocycles. The molecule has 1 heterocycles. The minimum atomic E-state index is -0.385. The maximum absolute atomic E-state index is 11.9. The monoisotopic (exact) mass is 175 g/mol. The van der Waals surface area contributed by atoms with Gasteiger partial charge in [-0.2, -0.15) is 0 Å². The zero-order valence-electron chi connectivity index (χ0n) is 8.16. The van der Waals surface area contributed by atoms with Gasteiger partial charge in [0.1, 0.15) is 0 Å². The summed E-state index contributed by atoms with van der Waals surface area (Å²) < 4.78 is 0. The number of hydrogen-bond acceptors (Lipinski definition) is 2. The maximum Gasteiger partial charge on any atom is 0.189 e. The van der Waals surface area contributed by atoms with Crippen molar-refractivity contribution in [2.75, 3.05) is 11.9 Å². The Balaban J connectivity index is 2.64. The van der Waals surface area contributed by atoms with Crippen molar-refractivity contribution in [2.45, 2.75) is 19.4 Å². The number of ketones is 1. The van der Waals surface area contributed by atoms with Crippen molar-refractivity contribution in [3.05, 3.63) is 29.8 Å². The Morgan fingerprint density at radius 3 is 2.46 bits per heavy atom. The predicted molar refractivity (Wildman–Crippen MR) is 53.3 cm³/mol. The number of hydrogen-bond donors (Lipinski definition) is 0. The molecule has 68 valence electrons. The van der Waals surface area contributed by atoms with E-state index in [1.807, 2.05) is 50.1 Å². The van der Waals surface area contributed by atoms with Crippen LogP contribution >= 0.6 is 0 Å². The first-order chi connectivity index (χ1) is 6.05. The van der Waals surface area contributed by atoms with Gasteiger partial charge in [0, 0.05) is 18.3 Å². The van der Waals surface area contributed by atoms with E-state index in [0.29, 0.717) is 0 Å². The van der Waals surface area contributed by atoms with Gasteiger partial charge in [0.25, 0.3) is 0 Å². The van der Waals surface area contributed by atoms with E-state index in [1.165, 1.54) is 0 Å². The summed E-state index contributed by atoms with van der Waals surface area (Å²) in [6.45, 7) is 3.91. The van der Waals surface area contributed by atoms with Gasteiger partial charge < -0.3 is 4.90 Å². The molecule has 0 unspecified atom stereocenters. The lowest BCUT2D eigenvalue weighted by Gasteiger charge is -2.28. The van der Waals surface area contributed by atoms with Crippen LogP contribution in [0.2, 0.25) is 0 Å². The average Bonchev–Trinajstić information content (AvgIpc) is 2.30. The summed E-state index contributed by atoms with van der Waals surface area (Å²) in [5.74, 6) is 0.214. The van der Waals surface area contributed by atoms with Gasteiger partial charge in [-0.3, -0.25) is 4.79 Å². The number of para-hydroxylation sites is 1. The molecule has 0 atom stereocenters. The van der Waals surface area contributed by atoms with Crippen LogP contribution in [0.4, 0.5) is 5.69 Å². The molecule has 0 saturated heterocycles. The molecule has 0 bridgehead atoms. The number of carbonyl (C=O) groups is 1. The molecule has 0 fully saturated rings. The number of benzene rings is 1. The Morgan fingerprint density at radius 2 is 1.85 bits per heavy atom. The molecule has 1 aromatic rings. The summed E-state index contributed by atoms with van der Waals surface area (Å²) in [5, 5.41) is 0. The standard InChI is InChI=1S/C11H13NO/c1-11(2)10(13)8-6-4-5-7-9(8)12(11)3/h4-7H,1-3H3. The topological polar surface area (TPSA) is 20.3 Å². The van der Waals surface area contributed by atoms with E-state index in [0.717, 1.165) is 11.3 Å². The molecule has 0 amide bonds. The molecule has 0 radical (unpaired) electrons. The number of fused-ring (bicyclic) bond motifs is 1. The molecule has 13 heavy (non-hydrogen) atoms. The maximum atomic E-state index is 11.9. The third kappa shape index (κ3) is 0.916. The molecule has 1 aliphatic heterocycles. The Bertz CT molecular complexity index is 368. The van der Waals surface area contributed by atoms with Crippen LogP contribution < -0.4 is 4.90 Å². The largest absolute Gasteiger partial charge is 0.361 e. The van der Waals surface area contributed by atoms with Crippen molar-refractivity contribution < 1.29 is 4.79 Å². The fourth-order valence-electron chi connectivity index (χ4n) is 1.74. The zero-order valence-corrected chi connectivity index (χ0v) is 8.16. The summed E-state index contributed by atoms with van der Waals surface area (Å²) in [6.07, 6.45) is 0. The van der Waals surface area contributed by atoms with Crippen molar-refractivity contribution in [1.29, 1.82) is 0 Å². The van der Waals surface area contributed by atoms with Crippen molar-refractivity contribution in [3.8, 4) is 0 Å². The minimum absolute atomic E-state index is 0.214. The Kier molecular flexibility index (Phi) is 1.50. The van der Waals surface area contributed by atoms with Gasteiger partial charge in [-0.05, 0) is 26.0 Å². The first-order valence-corrected chi connectivity index (χ1v) is 4.43. The van der Waals surface area contributed by atoms with Gasteiger partial charge in [0.2, 0.25) is 0 Å². The van der Waals surface area contributed by atoms with Crippen molar-refractivity contribution in [1.82, 2.24) is 0 Å². The van der Waals surface area contributed by atoms with Gasteiger partial charge in [-0.15, -0.1) is 0 Å². The highest BCUT2D eigenvalue weighted by Gasteiger charge is 2.41. The predicted octanol–water partition coefficient (Wildman–Crippen LogP) is 2.10. The molecule has 2 rings (SSSR count). The van der Waals surface area contributed by atoms with E-state index in [2.05, 4.69) is 0 Å². The lowest BCUT2D eigenvalue weighted by Crippen LogP contribution is -2.42. The van der Waals surface area contributed by atoms with Gasteiger partial charge in [0.05, 0.1) is 5.54 Å². The molecular formula is C11H13NO. The molecule has 0 saturated carbocycles. The van der Waals surface area contributed by atoms with Crippen molar-refractivity contribution in [2.24, 2.45) is 0 Å². The van der Waals surface area contributed by atoms with Crippen LogP contribution in [0.5, 0.6) is 0 Å². The van der Waals surface area contributed by atoms with E-state index in [-0.39, 0.29) is 11.3 Å². The first-order valence-electron chi connectivity index (χ1n) is 4.43.